The zero-order valence-corrected chi connectivity index (χ0v) is 17.9. The van der Waals surface area contributed by atoms with Crippen LogP contribution in [0.15, 0.2) is 41.8 Å². The van der Waals surface area contributed by atoms with Crippen LogP contribution in [0.3, 0.4) is 0 Å². The van der Waals surface area contributed by atoms with E-state index < -0.39 is 17.4 Å². The average molecular weight is 433 g/mol. The fraction of sp³-hybridized carbons (Fsp3) is 0.333. The molecule has 2 aromatic rings. The molecule has 0 unspecified atom stereocenters. The summed E-state index contributed by atoms with van der Waals surface area (Å²) in [6, 6.07) is 7.12. The van der Waals surface area contributed by atoms with E-state index in [1.165, 1.54) is 10.9 Å². The van der Waals surface area contributed by atoms with E-state index in [2.05, 4.69) is 22.3 Å². The minimum Gasteiger partial charge on any atom is -0.481 e. The third-order valence-corrected chi connectivity index (χ3v) is 4.60. The summed E-state index contributed by atoms with van der Waals surface area (Å²) < 4.78 is 1.34. The Bertz CT molecular complexity index is 1010. The molecular formula is C21H25ClN4O4. The van der Waals surface area contributed by atoms with Crippen molar-refractivity contribution in [3.8, 4) is 0 Å². The third-order valence-electron chi connectivity index (χ3n) is 4.24. The molecule has 0 aliphatic carbocycles. The van der Waals surface area contributed by atoms with E-state index in [9.17, 15) is 14.4 Å². The average Bonchev–Trinajstić information content (AvgIpc) is 2.67. The topological polar surface area (TPSA) is 113 Å². The van der Waals surface area contributed by atoms with Crippen molar-refractivity contribution in [2.75, 3.05) is 11.9 Å². The predicted octanol–water partition coefficient (Wildman–Crippen LogP) is 2.87. The van der Waals surface area contributed by atoms with Gasteiger partial charge in [0.1, 0.15) is 5.02 Å². The first-order valence-corrected chi connectivity index (χ1v) is 9.69. The number of amides is 1. The molecule has 8 nitrogen and oxygen atoms in total. The molecule has 0 saturated heterocycles. The van der Waals surface area contributed by atoms with E-state index in [1.807, 2.05) is 32.9 Å². The predicted molar refractivity (Wildman–Crippen MR) is 117 cm³/mol. The smallest absolute Gasteiger partial charge is 0.305 e. The number of carbonyl (C=O) groups excluding carboxylic acids is 1. The van der Waals surface area contributed by atoms with Crippen molar-refractivity contribution in [3.63, 3.8) is 0 Å². The number of aliphatic carboxylic acids is 1. The van der Waals surface area contributed by atoms with E-state index in [-0.39, 0.29) is 29.1 Å². The van der Waals surface area contributed by atoms with Gasteiger partial charge >= 0.3 is 5.97 Å². The van der Waals surface area contributed by atoms with Gasteiger partial charge in [-0.05, 0) is 31.9 Å². The minimum absolute atomic E-state index is 0.0397. The molecule has 0 aliphatic heterocycles. The molecule has 0 atom stereocenters. The Balaban J connectivity index is 2.01. The first-order chi connectivity index (χ1) is 14.0. The van der Waals surface area contributed by atoms with E-state index in [4.69, 9.17) is 16.7 Å². The number of benzene rings is 1. The third kappa shape index (κ3) is 5.93. The Morgan fingerprint density at radius 2 is 1.87 bits per heavy atom. The monoisotopic (exact) mass is 432 g/mol. The number of anilines is 1. The SMILES string of the molecule is C=C(C(=O)NCCC(=O)O)c1ccc(CNc2cnn(C(C)(C)C)c(=O)c2Cl)cc1. The lowest BCUT2D eigenvalue weighted by atomic mass is 10.0. The number of rotatable bonds is 8. The fourth-order valence-corrected chi connectivity index (χ4v) is 2.77. The van der Waals surface area contributed by atoms with Gasteiger partial charge in [0.2, 0.25) is 0 Å². The number of nitrogens with one attached hydrogen (secondary N) is 2. The molecule has 160 valence electrons. The molecule has 0 bridgehead atoms. The van der Waals surface area contributed by atoms with Gasteiger partial charge in [-0.3, -0.25) is 14.4 Å². The Hall–Kier alpha value is -3.13. The second-order valence-corrected chi connectivity index (χ2v) is 8.07. The lowest BCUT2D eigenvalue weighted by molar-refractivity contribution is -0.136. The zero-order chi connectivity index (χ0) is 22.5. The fourth-order valence-electron chi connectivity index (χ4n) is 2.58. The number of halogens is 1. The highest BCUT2D eigenvalue weighted by Gasteiger charge is 2.19. The van der Waals surface area contributed by atoms with Crippen molar-refractivity contribution in [2.24, 2.45) is 0 Å². The van der Waals surface area contributed by atoms with Crippen LogP contribution in [0.5, 0.6) is 0 Å². The van der Waals surface area contributed by atoms with E-state index >= 15 is 0 Å². The van der Waals surface area contributed by atoms with Crippen molar-refractivity contribution in [3.05, 3.63) is 63.5 Å². The first-order valence-electron chi connectivity index (χ1n) is 9.31. The Labute approximate surface area is 179 Å². The molecule has 1 aromatic carbocycles. The van der Waals surface area contributed by atoms with Crippen LogP contribution in [0.1, 0.15) is 38.3 Å². The summed E-state index contributed by atoms with van der Waals surface area (Å²) in [7, 11) is 0. The highest BCUT2D eigenvalue weighted by atomic mass is 35.5. The van der Waals surface area contributed by atoms with Crippen LogP contribution in [0.2, 0.25) is 5.02 Å². The maximum Gasteiger partial charge on any atom is 0.305 e. The van der Waals surface area contributed by atoms with Gasteiger partial charge < -0.3 is 15.7 Å². The van der Waals surface area contributed by atoms with Crippen molar-refractivity contribution < 1.29 is 14.7 Å². The van der Waals surface area contributed by atoms with E-state index in [1.54, 1.807) is 12.1 Å². The Kier molecular flexibility index (Phi) is 7.39. The van der Waals surface area contributed by atoms with Crippen LogP contribution in [-0.2, 0) is 21.7 Å². The molecule has 0 fully saturated rings. The summed E-state index contributed by atoms with van der Waals surface area (Å²) in [6.45, 7) is 9.80. The summed E-state index contributed by atoms with van der Waals surface area (Å²) in [5.41, 5.74) is 1.37. The van der Waals surface area contributed by atoms with Crippen molar-refractivity contribution in [2.45, 2.75) is 39.3 Å². The van der Waals surface area contributed by atoms with Gasteiger partial charge in [-0.1, -0.05) is 42.4 Å². The van der Waals surface area contributed by atoms with Crippen molar-refractivity contribution in [1.29, 1.82) is 0 Å². The number of nitrogens with zero attached hydrogens (tertiary/aromatic N) is 2. The van der Waals surface area contributed by atoms with Crippen LogP contribution < -0.4 is 16.2 Å². The molecule has 2 rings (SSSR count). The lowest BCUT2D eigenvalue weighted by Gasteiger charge is -2.21. The number of hydrogen-bond acceptors (Lipinski definition) is 5. The van der Waals surface area contributed by atoms with Gasteiger partial charge in [0.15, 0.2) is 0 Å². The normalized spacial score (nSPS) is 11.1. The molecule has 0 spiro atoms. The van der Waals surface area contributed by atoms with Crippen LogP contribution in [-0.4, -0.2) is 33.3 Å². The lowest BCUT2D eigenvalue weighted by Crippen LogP contribution is -2.36. The largest absolute Gasteiger partial charge is 0.481 e. The van der Waals surface area contributed by atoms with Gasteiger partial charge in [0, 0.05) is 18.7 Å². The van der Waals surface area contributed by atoms with Gasteiger partial charge in [-0.2, -0.15) is 5.10 Å². The van der Waals surface area contributed by atoms with Crippen molar-refractivity contribution >= 4 is 34.7 Å². The Morgan fingerprint density at radius 3 is 2.43 bits per heavy atom. The molecule has 0 radical (unpaired) electrons. The minimum atomic E-state index is -0.983. The highest BCUT2D eigenvalue weighted by Crippen LogP contribution is 2.20. The summed E-state index contributed by atoms with van der Waals surface area (Å²) in [5, 5.41) is 18.5. The van der Waals surface area contributed by atoms with E-state index in [0.29, 0.717) is 17.8 Å². The quantitative estimate of drug-likeness (QED) is 0.553. The molecule has 0 saturated carbocycles. The molecule has 30 heavy (non-hydrogen) atoms. The maximum atomic E-state index is 12.4. The number of carboxylic acids is 1. The second-order valence-electron chi connectivity index (χ2n) is 7.69. The summed E-state index contributed by atoms with van der Waals surface area (Å²) >= 11 is 6.20. The van der Waals surface area contributed by atoms with E-state index in [0.717, 1.165) is 5.56 Å². The zero-order valence-electron chi connectivity index (χ0n) is 17.2. The standard InChI is InChI=1S/C21H25ClN4O4/c1-13(19(29)23-10-9-17(27)28)15-7-5-14(6-8-15)11-24-16-12-25-26(21(2,3)4)20(30)18(16)22/h5-8,12,24H,1,9-11H2,2-4H3,(H,23,29)(H,27,28). The summed E-state index contributed by atoms with van der Waals surface area (Å²) in [5.74, 6) is -1.40. The number of carboxylic acid groups (broad SMARTS) is 1. The van der Waals surface area contributed by atoms with Crippen LogP contribution in [0.25, 0.3) is 5.57 Å². The van der Waals surface area contributed by atoms with Crippen LogP contribution in [0.4, 0.5) is 5.69 Å². The summed E-state index contributed by atoms with van der Waals surface area (Å²) in [4.78, 5) is 34.9. The molecule has 3 N–H and O–H groups in total. The van der Waals surface area contributed by atoms with Crippen LogP contribution >= 0.6 is 11.6 Å². The number of hydrogen-bond donors (Lipinski definition) is 3. The molecule has 0 aliphatic rings. The van der Waals surface area contributed by atoms with Gasteiger partial charge in [0.05, 0.1) is 23.8 Å². The Morgan fingerprint density at radius 1 is 1.23 bits per heavy atom. The summed E-state index contributed by atoms with van der Waals surface area (Å²) in [6.07, 6.45) is 1.37. The second kappa shape index (κ2) is 9.58. The number of aromatic nitrogens is 2. The molecule has 9 heteroatoms. The van der Waals surface area contributed by atoms with Crippen LogP contribution in [0, 0.1) is 0 Å². The molecule has 1 heterocycles. The first kappa shape index (κ1) is 23.2. The number of carbonyl (C=O) groups is 2. The molecule has 1 amide bonds. The van der Waals surface area contributed by atoms with Crippen molar-refractivity contribution in [1.82, 2.24) is 15.1 Å². The highest BCUT2D eigenvalue weighted by molar-refractivity contribution is 6.32. The van der Waals surface area contributed by atoms with Gasteiger partial charge in [-0.25, -0.2) is 4.68 Å². The van der Waals surface area contributed by atoms with Gasteiger partial charge in [-0.15, -0.1) is 0 Å². The molecule has 1 aromatic heterocycles. The molecular weight excluding hydrogens is 408 g/mol. The maximum absolute atomic E-state index is 12.4. The van der Waals surface area contributed by atoms with Gasteiger partial charge in [0.25, 0.3) is 11.5 Å².